The first-order valence-corrected chi connectivity index (χ1v) is 6.04. The van der Waals surface area contributed by atoms with Crippen molar-refractivity contribution in [1.82, 2.24) is 0 Å². The minimum Gasteiger partial charge on any atom is -0.312 e. The maximum atomic E-state index is 11.8. The highest BCUT2D eigenvalue weighted by Gasteiger charge is 2.22. The van der Waals surface area contributed by atoms with Crippen LogP contribution < -0.4 is 0 Å². The average molecular weight is 225 g/mol. The van der Waals surface area contributed by atoms with E-state index in [1.807, 2.05) is 0 Å². The highest BCUT2D eigenvalue weighted by atomic mass is 31.2. The summed E-state index contributed by atoms with van der Waals surface area (Å²) < 4.78 is 21.5. The molecule has 0 radical (unpaired) electrons. The molecule has 80 valence electrons. The lowest BCUT2D eigenvalue weighted by Crippen LogP contribution is -1.93. The molecule has 0 amide bonds. The van der Waals surface area contributed by atoms with Crippen molar-refractivity contribution in [1.29, 1.82) is 0 Å². The van der Waals surface area contributed by atoms with E-state index < -0.39 is 7.60 Å². The maximum absolute atomic E-state index is 11.8. The molecule has 0 aliphatic heterocycles. The third-order valence-corrected chi connectivity index (χ3v) is 3.87. The van der Waals surface area contributed by atoms with Crippen molar-refractivity contribution in [2.24, 2.45) is 0 Å². The summed E-state index contributed by atoms with van der Waals surface area (Å²) in [6, 6.07) is 6.98. The predicted octanol–water partition coefficient (Wildman–Crippen LogP) is 3.22. The molecule has 0 aromatic heterocycles. The molecule has 4 nitrogen and oxygen atoms in total. The number of nitrogens with zero attached hydrogens (tertiary/aromatic N) is 1. The van der Waals surface area contributed by atoms with Gasteiger partial charge in [0.2, 0.25) is 0 Å². The highest BCUT2D eigenvalue weighted by molar-refractivity contribution is 7.52. The largest absolute Gasteiger partial charge is 0.333 e. The van der Waals surface area contributed by atoms with Crippen LogP contribution in [0.25, 0.3) is 4.85 Å². The minimum absolute atomic E-state index is 0.124. The quantitative estimate of drug-likeness (QED) is 0.583. The average Bonchev–Trinajstić information content (AvgIpc) is 2.29. The van der Waals surface area contributed by atoms with Gasteiger partial charge in [-0.2, -0.15) is 0 Å². The van der Waals surface area contributed by atoms with Crippen LogP contribution in [0.4, 0.5) is 5.69 Å². The van der Waals surface area contributed by atoms with Crippen molar-refractivity contribution in [3.05, 3.63) is 41.2 Å². The van der Waals surface area contributed by atoms with Crippen molar-refractivity contribution < 1.29 is 13.6 Å². The Morgan fingerprint density at radius 1 is 1.33 bits per heavy atom. The van der Waals surface area contributed by atoms with Gasteiger partial charge in [0.05, 0.1) is 12.7 Å². The molecule has 0 aliphatic carbocycles. The summed E-state index contributed by atoms with van der Waals surface area (Å²) >= 11 is 0. The van der Waals surface area contributed by atoms with E-state index in [9.17, 15) is 4.57 Å². The molecular formula is C10H12NO3P. The summed E-state index contributed by atoms with van der Waals surface area (Å²) in [5, 5.41) is 0. The molecule has 0 fully saturated rings. The van der Waals surface area contributed by atoms with Gasteiger partial charge in [-0.15, -0.1) is 0 Å². The standard InChI is InChI=1S/C10H12NO3P/c1-11-10-7-5-4-6-9(10)8-15(12,13-2)14-3/h4-7H,8H2,2-3H3. The fraction of sp³-hybridized carbons (Fsp3) is 0.300. The molecule has 0 saturated heterocycles. The SMILES string of the molecule is [C-]#[N+]c1ccccc1CP(=O)(OC)OC. The predicted molar refractivity (Wildman–Crippen MR) is 58.0 cm³/mol. The molecule has 1 rings (SSSR count). The second-order valence-electron chi connectivity index (χ2n) is 2.87. The molecule has 0 spiro atoms. The van der Waals surface area contributed by atoms with Crippen molar-refractivity contribution in [3.8, 4) is 0 Å². The number of benzene rings is 1. The molecule has 0 N–H and O–H groups in total. The fourth-order valence-corrected chi connectivity index (χ4v) is 2.26. The van der Waals surface area contributed by atoms with Crippen LogP contribution in [-0.4, -0.2) is 14.2 Å². The van der Waals surface area contributed by atoms with Crippen molar-refractivity contribution in [2.75, 3.05) is 14.2 Å². The van der Waals surface area contributed by atoms with E-state index in [-0.39, 0.29) is 6.16 Å². The van der Waals surface area contributed by atoms with Crippen LogP contribution in [-0.2, 0) is 19.8 Å². The van der Waals surface area contributed by atoms with Gasteiger partial charge in [0.15, 0.2) is 5.69 Å². The van der Waals surface area contributed by atoms with E-state index in [2.05, 4.69) is 4.85 Å². The molecule has 1 aromatic rings. The van der Waals surface area contributed by atoms with Gasteiger partial charge in [-0.05, 0) is 5.56 Å². The van der Waals surface area contributed by atoms with E-state index in [0.29, 0.717) is 11.3 Å². The summed E-state index contributed by atoms with van der Waals surface area (Å²) in [5.41, 5.74) is 1.16. The molecular weight excluding hydrogens is 213 g/mol. The summed E-state index contributed by atoms with van der Waals surface area (Å²) in [6.45, 7) is 6.96. The van der Waals surface area contributed by atoms with E-state index in [1.54, 1.807) is 24.3 Å². The Hall–Kier alpha value is -1.14. The molecule has 0 aliphatic rings. The van der Waals surface area contributed by atoms with E-state index in [0.717, 1.165) is 0 Å². The second-order valence-corrected chi connectivity index (χ2v) is 5.14. The molecule has 5 heteroatoms. The fourth-order valence-electron chi connectivity index (χ4n) is 1.17. The first-order valence-electron chi connectivity index (χ1n) is 4.31. The molecule has 0 bridgehead atoms. The van der Waals surface area contributed by atoms with Crippen molar-refractivity contribution in [3.63, 3.8) is 0 Å². The zero-order chi connectivity index (χ0) is 11.3. The van der Waals surface area contributed by atoms with Gasteiger partial charge >= 0.3 is 7.60 Å². The van der Waals surface area contributed by atoms with Crippen LogP contribution in [0, 0.1) is 6.57 Å². The number of hydrogen-bond donors (Lipinski definition) is 0. The van der Waals surface area contributed by atoms with Gasteiger partial charge in [-0.3, -0.25) is 4.57 Å². The lowest BCUT2D eigenvalue weighted by atomic mass is 10.2. The van der Waals surface area contributed by atoms with E-state index in [4.69, 9.17) is 15.6 Å². The Morgan fingerprint density at radius 2 is 1.93 bits per heavy atom. The van der Waals surface area contributed by atoms with Gasteiger partial charge < -0.3 is 9.05 Å². The van der Waals surface area contributed by atoms with Gasteiger partial charge in [-0.25, -0.2) is 4.85 Å². The van der Waals surface area contributed by atoms with Crippen LogP contribution in [0.2, 0.25) is 0 Å². The molecule has 0 atom stereocenters. The van der Waals surface area contributed by atoms with Crippen molar-refractivity contribution in [2.45, 2.75) is 6.16 Å². The van der Waals surface area contributed by atoms with Crippen LogP contribution in [0.1, 0.15) is 5.56 Å². The van der Waals surface area contributed by atoms with E-state index in [1.165, 1.54) is 14.2 Å². The van der Waals surface area contributed by atoms with Crippen LogP contribution in [0.5, 0.6) is 0 Å². The molecule has 1 aromatic carbocycles. The molecule has 0 unspecified atom stereocenters. The first-order chi connectivity index (χ1) is 7.15. The second kappa shape index (κ2) is 5.09. The molecule has 15 heavy (non-hydrogen) atoms. The van der Waals surface area contributed by atoms with Gasteiger partial charge in [0, 0.05) is 14.2 Å². The van der Waals surface area contributed by atoms with Gasteiger partial charge in [0.1, 0.15) is 0 Å². The van der Waals surface area contributed by atoms with Crippen LogP contribution in [0.3, 0.4) is 0 Å². The minimum atomic E-state index is -3.09. The van der Waals surface area contributed by atoms with Crippen LogP contribution >= 0.6 is 7.60 Å². The molecule has 0 heterocycles. The van der Waals surface area contributed by atoms with Crippen LogP contribution in [0.15, 0.2) is 24.3 Å². The Balaban J connectivity index is 2.99. The number of para-hydroxylation sites is 1. The molecule has 0 saturated carbocycles. The van der Waals surface area contributed by atoms with Crippen molar-refractivity contribution >= 4 is 13.3 Å². The Labute approximate surface area is 89.2 Å². The van der Waals surface area contributed by atoms with Gasteiger partial charge in [0.25, 0.3) is 0 Å². The first kappa shape index (κ1) is 11.9. The zero-order valence-electron chi connectivity index (χ0n) is 8.64. The number of hydrogen-bond acceptors (Lipinski definition) is 3. The smallest absolute Gasteiger partial charge is 0.312 e. The third kappa shape index (κ3) is 2.90. The lowest BCUT2D eigenvalue weighted by molar-refractivity contribution is 0.275. The van der Waals surface area contributed by atoms with E-state index >= 15 is 0 Å². The Bertz CT molecular complexity index is 417. The Kier molecular flexibility index (Phi) is 4.05. The number of rotatable bonds is 4. The summed E-state index contributed by atoms with van der Waals surface area (Å²) in [4.78, 5) is 3.34. The van der Waals surface area contributed by atoms with Gasteiger partial charge in [-0.1, -0.05) is 24.3 Å². The topological polar surface area (TPSA) is 39.9 Å². The highest BCUT2D eigenvalue weighted by Crippen LogP contribution is 2.50. The monoisotopic (exact) mass is 225 g/mol. The normalized spacial score (nSPS) is 11.0. The zero-order valence-corrected chi connectivity index (χ0v) is 9.53. The summed E-state index contributed by atoms with van der Waals surface area (Å²) in [6.07, 6.45) is 0.124. The summed E-state index contributed by atoms with van der Waals surface area (Å²) in [7, 11) is -0.410. The third-order valence-electron chi connectivity index (χ3n) is 2.03. The summed E-state index contributed by atoms with van der Waals surface area (Å²) in [5.74, 6) is 0. The maximum Gasteiger partial charge on any atom is 0.333 e. The Morgan fingerprint density at radius 3 is 2.47 bits per heavy atom. The lowest BCUT2D eigenvalue weighted by Gasteiger charge is -2.14.